The normalized spacial score (nSPS) is 16.9. The van der Waals surface area contributed by atoms with Gasteiger partial charge in [0.1, 0.15) is 23.1 Å². The maximum atomic E-state index is 15.6. The molecule has 3 aromatic rings. The molecule has 1 N–H and O–H groups in total. The van der Waals surface area contributed by atoms with Crippen molar-refractivity contribution in [2.75, 3.05) is 5.32 Å². The van der Waals surface area contributed by atoms with E-state index in [9.17, 15) is 22.8 Å². The van der Waals surface area contributed by atoms with Crippen molar-refractivity contribution in [3.63, 3.8) is 0 Å². The predicted octanol–water partition coefficient (Wildman–Crippen LogP) is 6.44. The quantitative estimate of drug-likeness (QED) is 0.352. The minimum Gasteiger partial charge on any atom is -0.490 e. The number of ether oxygens (including phenoxy) is 1. The van der Waals surface area contributed by atoms with Crippen molar-refractivity contribution in [1.82, 2.24) is 14.3 Å². The zero-order valence-electron chi connectivity index (χ0n) is 22.5. The molecule has 0 spiro atoms. The number of hydrogen-bond donors (Lipinski definition) is 1. The summed E-state index contributed by atoms with van der Waals surface area (Å²) in [5, 5.41) is 6.84. The second-order valence-electron chi connectivity index (χ2n) is 10.7. The van der Waals surface area contributed by atoms with E-state index in [0.717, 1.165) is 61.8 Å². The lowest BCUT2D eigenvalue weighted by molar-refractivity contribution is -0.138. The van der Waals surface area contributed by atoms with Gasteiger partial charge in [0.05, 0.1) is 17.2 Å². The second-order valence-corrected chi connectivity index (χ2v) is 10.7. The molecule has 1 aliphatic carbocycles. The minimum atomic E-state index is -4.60. The lowest BCUT2D eigenvalue weighted by Crippen LogP contribution is -2.28. The van der Waals surface area contributed by atoms with E-state index in [2.05, 4.69) is 10.4 Å². The molecular weight excluding hydrogens is 528 g/mol. The van der Waals surface area contributed by atoms with Crippen molar-refractivity contribution in [3.05, 3.63) is 69.1 Å². The molecule has 40 heavy (non-hydrogen) atoms. The Balaban J connectivity index is 1.54. The summed E-state index contributed by atoms with van der Waals surface area (Å²) >= 11 is 0. The van der Waals surface area contributed by atoms with Crippen LogP contribution >= 0.6 is 0 Å². The number of aromatic nitrogens is 3. The number of benzene rings is 2. The number of anilines is 1. The van der Waals surface area contributed by atoms with E-state index in [1.54, 1.807) is 0 Å². The Morgan fingerprint density at radius 3 is 2.58 bits per heavy atom. The summed E-state index contributed by atoms with van der Waals surface area (Å²) < 4.78 is 64.6. The Bertz CT molecular complexity index is 1470. The van der Waals surface area contributed by atoms with Crippen LogP contribution < -0.4 is 15.7 Å². The van der Waals surface area contributed by atoms with Crippen molar-refractivity contribution in [3.8, 4) is 11.4 Å². The average Bonchev–Trinajstić information content (AvgIpc) is 3.26. The van der Waals surface area contributed by atoms with Gasteiger partial charge in [-0.3, -0.25) is 9.36 Å². The molecule has 0 bridgehead atoms. The van der Waals surface area contributed by atoms with E-state index in [0.29, 0.717) is 18.8 Å². The summed E-state index contributed by atoms with van der Waals surface area (Å²) in [4.78, 5) is 26.4. The van der Waals surface area contributed by atoms with Crippen LogP contribution in [-0.2, 0) is 19.1 Å². The summed E-state index contributed by atoms with van der Waals surface area (Å²) in [6, 6.07) is 5.74. The molecule has 11 heteroatoms. The van der Waals surface area contributed by atoms with Crippen LogP contribution in [0.3, 0.4) is 0 Å². The number of hydrogen-bond acceptors (Lipinski definition) is 4. The summed E-state index contributed by atoms with van der Waals surface area (Å²) in [6.07, 6.45) is 2.55. The smallest absolute Gasteiger partial charge is 0.416 e. The molecule has 1 amide bonds. The molecule has 2 heterocycles. The van der Waals surface area contributed by atoms with Gasteiger partial charge in [0.25, 0.3) is 5.91 Å². The highest BCUT2D eigenvalue weighted by molar-refractivity contribution is 6.06. The van der Waals surface area contributed by atoms with Crippen LogP contribution in [0.25, 0.3) is 5.69 Å². The van der Waals surface area contributed by atoms with Crippen LogP contribution in [0, 0.1) is 18.7 Å². The maximum absolute atomic E-state index is 15.6. The summed E-state index contributed by atoms with van der Waals surface area (Å²) in [5.41, 5.74) is -1.89. The third-order valence-electron chi connectivity index (χ3n) is 8.01. The van der Waals surface area contributed by atoms with Crippen molar-refractivity contribution >= 4 is 11.6 Å². The molecule has 0 saturated heterocycles. The van der Waals surface area contributed by atoms with Crippen molar-refractivity contribution in [2.45, 2.75) is 84.0 Å². The van der Waals surface area contributed by atoms with Crippen molar-refractivity contribution < 1.29 is 27.1 Å². The Morgan fingerprint density at radius 2 is 1.88 bits per heavy atom. The van der Waals surface area contributed by atoms with Crippen molar-refractivity contribution in [1.29, 1.82) is 0 Å². The lowest BCUT2D eigenvalue weighted by atomic mass is 9.86. The van der Waals surface area contributed by atoms with Gasteiger partial charge in [-0.2, -0.15) is 17.9 Å². The Hall–Kier alpha value is -3.63. The van der Waals surface area contributed by atoms with E-state index < -0.39 is 29.2 Å². The number of rotatable bonds is 6. The predicted molar refractivity (Wildman–Crippen MR) is 142 cm³/mol. The molecule has 5 rings (SSSR count). The highest BCUT2D eigenvalue weighted by Gasteiger charge is 2.33. The molecule has 1 atom stereocenters. The van der Waals surface area contributed by atoms with E-state index in [-0.39, 0.29) is 40.3 Å². The number of nitrogens with one attached hydrogen (secondary N) is 1. The maximum Gasteiger partial charge on any atom is 0.416 e. The fourth-order valence-corrected chi connectivity index (χ4v) is 5.70. The zero-order chi connectivity index (χ0) is 28.6. The first-order chi connectivity index (χ1) is 19.0. The molecule has 1 fully saturated rings. The Labute approximate surface area is 229 Å². The first kappa shape index (κ1) is 27.9. The van der Waals surface area contributed by atoms with Crippen LogP contribution in [-0.4, -0.2) is 26.4 Å². The third kappa shape index (κ3) is 5.51. The van der Waals surface area contributed by atoms with E-state index in [1.807, 2.05) is 6.92 Å². The Morgan fingerprint density at radius 1 is 1.12 bits per heavy atom. The molecule has 1 saturated carbocycles. The summed E-state index contributed by atoms with van der Waals surface area (Å²) in [5.74, 6) is -0.868. The standard InChI is InChI=1S/C29H32F4N4O3/c1-17-21(29(31,32)33)11-8-12-23(17)34-27(38)20-15-22(30)24(37-28(39)36-14-7-6-13-26(36)35-37)16-25(20)40-18(2)19-9-4-3-5-10-19/h8,11-12,15-16,18-19H,3-7,9-10,13-14H2,1-2H3,(H,34,38)/t18-/m0/s1. The molecule has 0 radical (unpaired) electrons. The minimum absolute atomic E-state index is 0.0366. The molecule has 214 valence electrons. The number of aryl methyl sites for hydroxylation is 1. The fraction of sp³-hybridized carbons (Fsp3) is 0.483. The summed E-state index contributed by atoms with van der Waals surface area (Å²) in [6.45, 7) is 3.64. The van der Waals surface area contributed by atoms with Gasteiger partial charge in [-0.1, -0.05) is 25.3 Å². The number of amides is 1. The van der Waals surface area contributed by atoms with Gasteiger partial charge < -0.3 is 10.1 Å². The lowest BCUT2D eigenvalue weighted by Gasteiger charge is -2.29. The third-order valence-corrected chi connectivity index (χ3v) is 8.01. The number of carbonyl (C=O) groups excluding carboxylic acids is 1. The van der Waals surface area contributed by atoms with Crippen LogP contribution in [0.5, 0.6) is 5.75 Å². The molecule has 2 aliphatic rings. The van der Waals surface area contributed by atoms with Gasteiger partial charge in [-0.05, 0) is 69.2 Å². The summed E-state index contributed by atoms with van der Waals surface area (Å²) in [7, 11) is 0. The van der Waals surface area contributed by atoms with Crippen LogP contribution in [0.15, 0.2) is 35.1 Å². The van der Waals surface area contributed by atoms with E-state index in [1.165, 1.54) is 29.7 Å². The number of halogens is 4. The van der Waals surface area contributed by atoms with Gasteiger partial charge in [-0.25, -0.2) is 9.18 Å². The van der Waals surface area contributed by atoms with Gasteiger partial charge in [0, 0.05) is 24.7 Å². The molecular formula is C29H32F4N4O3. The molecule has 0 unspecified atom stereocenters. The fourth-order valence-electron chi connectivity index (χ4n) is 5.70. The van der Waals surface area contributed by atoms with Crippen LogP contribution in [0.4, 0.5) is 23.2 Å². The van der Waals surface area contributed by atoms with E-state index in [4.69, 9.17) is 4.74 Å². The van der Waals surface area contributed by atoms with Crippen LogP contribution in [0.1, 0.15) is 79.2 Å². The van der Waals surface area contributed by atoms with Gasteiger partial charge in [-0.15, -0.1) is 5.10 Å². The van der Waals surface area contributed by atoms with Gasteiger partial charge in [0.2, 0.25) is 0 Å². The zero-order valence-corrected chi connectivity index (χ0v) is 22.5. The highest BCUT2D eigenvalue weighted by Crippen LogP contribution is 2.36. The van der Waals surface area contributed by atoms with Crippen molar-refractivity contribution in [2.24, 2.45) is 5.92 Å². The second kappa shape index (κ2) is 11.1. The molecule has 1 aliphatic heterocycles. The van der Waals surface area contributed by atoms with Gasteiger partial charge in [0.15, 0.2) is 0 Å². The Kier molecular flexibility index (Phi) is 7.74. The number of carbonyl (C=O) groups is 1. The molecule has 2 aromatic carbocycles. The average molecular weight is 561 g/mol. The monoisotopic (exact) mass is 560 g/mol. The molecule has 1 aromatic heterocycles. The van der Waals surface area contributed by atoms with E-state index >= 15 is 4.39 Å². The van der Waals surface area contributed by atoms with Crippen LogP contribution in [0.2, 0.25) is 0 Å². The number of fused-ring (bicyclic) bond motifs is 1. The largest absolute Gasteiger partial charge is 0.490 e. The molecule has 7 nitrogen and oxygen atoms in total. The number of alkyl halides is 3. The first-order valence-corrected chi connectivity index (χ1v) is 13.7. The first-order valence-electron chi connectivity index (χ1n) is 13.7. The number of nitrogens with zero attached hydrogens (tertiary/aromatic N) is 3. The SMILES string of the molecule is Cc1c(NC(=O)c2cc(F)c(-n3nc4n(c3=O)CCCC4)cc2O[C@@H](C)C2CCCCC2)cccc1C(F)(F)F. The highest BCUT2D eigenvalue weighted by atomic mass is 19.4. The van der Waals surface area contributed by atoms with Gasteiger partial charge >= 0.3 is 11.9 Å². The topological polar surface area (TPSA) is 78.2 Å².